The SMILES string of the molecule is Cc1ccsc1CNS(=O)(=O)c1ccc2c(c1)CNC2. The van der Waals surface area contributed by atoms with Gasteiger partial charge in [-0.15, -0.1) is 11.3 Å². The zero-order valence-corrected chi connectivity index (χ0v) is 12.8. The molecule has 0 saturated carbocycles. The van der Waals surface area contributed by atoms with Gasteiger partial charge in [-0.1, -0.05) is 6.07 Å². The highest BCUT2D eigenvalue weighted by Gasteiger charge is 2.18. The molecule has 1 aromatic heterocycles. The number of rotatable bonds is 4. The van der Waals surface area contributed by atoms with Gasteiger partial charge in [0.15, 0.2) is 0 Å². The fraction of sp³-hybridized carbons (Fsp3) is 0.286. The minimum absolute atomic E-state index is 0.342. The molecule has 0 aliphatic carbocycles. The van der Waals surface area contributed by atoms with E-state index in [1.807, 2.05) is 24.4 Å². The molecule has 0 amide bonds. The first kappa shape index (κ1) is 13.8. The van der Waals surface area contributed by atoms with Gasteiger partial charge in [-0.3, -0.25) is 0 Å². The van der Waals surface area contributed by atoms with Crippen LogP contribution in [0.4, 0.5) is 0 Å². The third-order valence-electron chi connectivity index (χ3n) is 3.51. The lowest BCUT2D eigenvalue weighted by Crippen LogP contribution is -2.23. The highest BCUT2D eigenvalue weighted by Crippen LogP contribution is 2.21. The molecule has 0 spiro atoms. The van der Waals surface area contributed by atoms with Crippen LogP contribution in [0.1, 0.15) is 21.6 Å². The molecule has 0 unspecified atom stereocenters. The van der Waals surface area contributed by atoms with Gasteiger partial charge in [-0.25, -0.2) is 13.1 Å². The Bertz CT molecular complexity index is 735. The molecule has 1 aliphatic heterocycles. The molecule has 0 radical (unpaired) electrons. The second-order valence-corrected chi connectivity index (χ2v) is 7.65. The van der Waals surface area contributed by atoms with Gasteiger partial charge >= 0.3 is 0 Å². The Balaban J connectivity index is 1.80. The Labute approximate surface area is 122 Å². The zero-order valence-electron chi connectivity index (χ0n) is 11.1. The molecule has 0 bridgehead atoms. The zero-order chi connectivity index (χ0) is 14.2. The normalized spacial score (nSPS) is 14.4. The number of hydrogen-bond acceptors (Lipinski definition) is 4. The summed E-state index contributed by atoms with van der Waals surface area (Å²) in [5.74, 6) is 0. The van der Waals surface area contributed by atoms with Crippen molar-refractivity contribution >= 4 is 21.4 Å². The Morgan fingerprint density at radius 2 is 2.05 bits per heavy atom. The van der Waals surface area contributed by atoms with Crippen molar-refractivity contribution < 1.29 is 8.42 Å². The summed E-state index contributed by atoms with van der Waals surface area (Å²) in [5.41, 5.74) is 3.37. The summed E-state index contributed by atoms with van der Waals surface area (Å²) in [6.45, 7) is 3.89. The number of benzene rings is 1. The largest absolute Gasteiger partial charge is 0.309 e. The minimum atomic E-state index is -3.45. The number of aryl methyl sites for hydroxylation is 1. The van der Waals surface area contributed by atoms with Crippen LogP contribution < -0.4 is 10.0 Å². The Morgan fingerprint density at radius 1 is 1.25 bits per heavy atom. The number of thiophene rings is 1. The summed E-state index contributed by atoms with van der Waals surface area (Å²) in [7, 11) is -3.45. The number of hydrogen-bond donors (Lipinski definition) is 2. The van der Waals surface area contributed by atoms with Crippen molar-refractivity contribution in [1.82, 2.24) is 10.0 Å². The molecule has 6 heteroatoms. The molecule has 1 aliphatic rings. The molecule has 2 aromatic rings. The maximum atomic E-state index is 12.3. The van der Waals surface area contributed by atoms with Gasteiger partial charge in [0.25, 0.3) is 0 Å². The average Bonchev–Trinajstić information content (AvgIpc) is 3.04. The summed E-state index contributed by atoms with van der Waals surface area (Å²) in [5, 5.41) is 5.19. The standard InChI is InChI=1S/C14H16N2O2S2/c1-10-4-5-19-14(10)9-16-20(17,18)13-3-2-11-7-15-8-12(11)6-13/h2-6,15-16H,7-9H2,1H3. The summed E-state index contributed by atoms with van der Waals surface area (Å²) < 4.78 is 27.3. The summed E-state index contributed by atoms with van der Waals surface area (Å²) >= 11 is 1.57. The third-order valence-corrected chi connectivity index (χ3v) is 5.93. The Kier molecular flexibility index (Phi) is 3.64. The smallest absolute Gasteiger partial charge is 0.240 e. The van der Waals surface area contributed by atoms with Crippen LogP contribution in [-0.4, -0.2) is 8.42 Å². The van der Waals surface area contributed by atoms with Crippen LogP contribution in [-0.2, 0) is 29.7 Å². The maximum Gasteiger partial charge on any atom is 0.240 e. The molecule has 106 valence electrons. The fourth-order valence-electron chi connectivity index (χ4n) is 2.27. The van der Waals surface area contributed by atoms with Gasteiger partial charge in [-0.05, 0) is 47.2 Å². The van der Waals surface area contributed by atoms with Gasteiger partial charge in [0.2, 0.25) is 10.0 Å². The van der Waals surface area contributed by atoms with Crippen molar-refractivity contribution in [1.29, 1.82) is 0 Å². The van der Waals surface area contributed by atoms with E-state index >= 15 is 0 Å². The molecule has 0 atom stereocenters. The number of fused-ring (bicyclic) bond motifs is 1. The summed E-state index contributed by atoms with van der Waals surface area (Å²) in [4.78, 5) is 1.39. The number of nitrogens with one attached hydrogen (secondary N) is 2. The van der Waals surface area contributed by atoms with Crippen LogP contribution >= 0.6 is 11.3 Å². The third kappa shape index (κ3) is 2.64. The predicted molar refractivity (Wildman–Crippen MR) is 80.1 cm³/mol. The van der Waals surface area contributed by atoms with Crippen LogP contribution in [0.25, 0.3) is 0 Å². The van der Waals surface area contributed by atoms with Crippen molar-refractivity contribution in [3.63, 3.8) is 0 Å². The highest BCUT2D eigenvalue weighted by atomic mass is 32.2. The molecule has 1 aromatic carbocycles. The van der Waals surface area contributed by atoms with E-state index in [0.717, 1.165) is 29.1 Å². The summed E-state index contributed by atoms with van der Waals surface area (Å²) in [6, 6.07) is 7.32. The average molecular weight is 308 g/mol. The van der Waals surface area contributed by atoms with E-state index in [2.05, 4.69) is 10.0 Å². The van der Waals surface area contributed by atoms with Crippen molar-refractivity contribution in [3.8, 4) is 0 Å². The number of sulfonamides is 1. The van der Waals surface area contributed by atoms with Gasteiger partial charge in [0.1, 0.15) is 0 Å². The first-order valence-corrected chi connectivity index (χ1v) is 8.78. The monoisotopic (exact) mass is 308 g/mol. The van der Waals surface area contributed by atoms with E-state index in [0.29, 0.717) is 11.4 Å². The van der Waals surface area contributed by atoms with Crippen LogP contribution in [0.2, 0.25) is 0 Å². The van der Waals surface area contributed by atoms with Crippen molar-refractivity contribution in [2.75, 3.05) is 0 Å². The second-order valence-electron chi connectivity index (χ2n) is 4.89. The van der Waals surface area contributed by atoms with Gasteiger partial charge < -0.3 is 5.32 Å². The van der Waals surface area contributed by atoms with E-state index in [4.69, 9.17) is 0 Å². The maximum absolute atomic E-state index is 12.3. The van der Waals surface area contributed by atoms with Crippen LogP contribution in [0.5, 0.6) is 0 Å². The first-order valence-electron chi connectivity index (χ1n) is 6.41. The van der Waals surface area contributed by atoms with E-state index in [1.165, 1.54) is 5.56 Å². The first-order chi connectivity index (χ1) is 9.56. The second kappa shape index (κ2) is 5.29. The van der Waals surface area contributed by atoms with Crippen molar-refractivity contribution in [3.05, 3.63) is 51.2 Å². The molecule has 0 saturated heterocycles. The molecule has 0 fully saturated rings. The van der Waals surface area contributed by atoms with E-state index in [-0.39, 0.29) is 0 Å². The molecular formula is C14H16N2O2S2. The van der Waals surface area contributed by atoms with Crippen LogP contribution in [0.15, 0.2) is 34.5 Å². The van der Waals surface area contributed by atoms with Gasteiger partial charge in [0.05, 0.1) is 4.90 Å². The molecule has 2 N–H and O–H groups in total. The fourth-order valence-corrected chi connectivity index (χ4v) is 4.25. The quantitative estimate of drug-likeness (QED) is 0.910. The summed E-state index contributed by atoms with van der Waals surface area (Å²) in [6.07, 6.45) is 0. The highest BCUT2D eigenvalue weighted by molar-refractivity contribution is 7.89. The Hall–Kier alpha value is -1.21. The van der Waals surface area contributed by atoms with E-state index < -0.39 is 10.0 Å². The van der Waals surface area contributed by atoms with E-state index in [1.54, 1.807) is 23.5 Å². The molecule has 3 rings (SSSR count). The van der Waals surface area contributed by atoms with Crippen molar-refractivity contribution in [2.24, 2.45) is 0 Å². The lowest BCUT2D eigenvalue weighted by Gasteiger charge is -2.08. The minimum Gasteiger partial charge on any atom is -0.309 e. The molecule has 4 nitrogen and oxygen atoms in total. The van der Waals surface area contributed by atoms with Crippen LogP contribution in [0.3, 0.4) is 0 Å². The lowest BCUT2D eigenvalue weighted by atomic mass is 10.1. The van der Waals surface area contributed by atoms with Gasteiger partial charge in [0, 0.05) is 24.5 Å². The van der Waals surface area contributed by atoms with E-state index in [9.17, 15) is 8.42 Å². The van der Waals surface area contributed by atoms with Crippen LogP contribution in [0, 0.1) is 6.92 Å². The Morgan fingerprint density at radius 3 is 2.80 bits per heavy atom. The van der Waals surface area contributed by atoms with Gasteiger partial charge in [-0.2, -0.15) is 0 Å². The molecule has 20 heavy (non-hydrogen) atoms. The topological polar surface area (TPSA) is 58.2 Å². The molecule has 2 heterocycles. The molecular weight excluding hydrogens is 292 g/mol. The van der Waals surface area contributed by atoms with Crippen molar-refractivity contribution in [2.45, 2.75) is 31.5 Å². The lowest BCUT2D eigenvalue weighted by molar-refractivity contribution is 0.581. The predicted octanol–water partition coefficient (Wildman–Crippen LogP) is 2.14.